The Morgan fingerprint density at radius 3 is 2.61 bits per heavy atom. The van der Waals surface area contributed by atoms with E-state index in [2.05, 4.69) is 4.90 Å². The van der Waals surface area contributed by atoms with E-state index < -0.39 is 5.63 Å². The summed E-state index contributed by atoms with van der Waals surface area (Å²) in [4.78, 5) is 37.7. The van der Waals surface area contributed by atoms with E-state index in [1.807, 2.05) is 6.92 Å². The van der Waals surface area contributed by atoms with E-state index >= 15 is 0 Å². The standard InChI is InChI=1S/C23H29NO7/c1-4-30-23(28)15-7-9-24(10-8-15)13-18-21(27)16(5-6-19(25)29-3)12-17-14(2)11-20(26)31-22(17)18/h11-12,15,27H,4-10,13H2,1-3H3. The number of likely N-dealkylation sites (tertiary alicyclic amines) is 1. The van der Waals surface area contributed by atoms with Gasteiger partial charge in [0.25, 0.3) is 0 Å². The van der Waals surface area contributed by atoms with Gasteiger partial charge in [-0.25, -0.2) is 4.79 Å². The van der Waals surface area contributed by atoms with Crippen LogP contribution in [0.15, 0.2) is 21.3 Å². The van der Waals surface area contributed by atoms with Gasteiger partial charge in [-0.05, 0) is 63.4 Å². The Bertz CT molecular complexity index is 1020. The van der Waals surface area contributed by atoms with E-state index in [4.69, 9.17) is 13.9 Å². The van der Waals surface area contributed by atoms with Crippen molar-refractivity contribution in [3.63, 3.8) is 0 Å². The lowest BCUT2D eigenvalue weighted by molar-refractivity contribution is -0.149. The van der Waals surface area contributed by atoms with Gasteiger partial charge in [0.1, 0.15) is 11.3 Å². The highest BCUT2D eigenvalue weighted by Gasteiger charge is 2.27. The van der Waals surface area contributed by atoms with Gasteiger partial charge in [0.05, 0.1) is 25.2 Å². The van der Waals surface area contributed by atoms with Gasteiger partial charge in [-0.2, -0.15) is 0 Å². The van der Waals surface area contributed by atoms with Crippen LogP contribution in [0.4, 0.5) is 0 Å². The first-order valence-corrected chi connectivity index (χ1v) is 10.6. The molecule has 8 heteroatoms. The molecule has 0 amide bonds. The molecule has 1 aromatic heterocycles. The number of hydrogen-bond donors (Lipinski definition) is 1. The third kappa shape index (κ3) is 5.25. The van der Waals surface area contributed by atoms with Crippen molar-refractivity contribution in [2.45, 2.75) is 46.1 Å². The number of phenols is 1. The zero-order valence-electron chi connectivity index (χ0n) is 18.2. The Kier molecular flexibility index (Phi) is 7.33. The van der Waals surface area contributed by atoms with Gasteiger partial charge in [-0.3, -0.25) is 14.5 Å². The first-order chi connectivity index (χ1) is 14.8. The number of piperidine rings is 1. The van der Waals surface area contributed by atoms with E-state index in [9.17, 15) is 19.5 Å². The fourth-order valence-electron chi connectivity index (χ4n) is 4.05. The zero-order valence-corrected chi connectivity index (χ0v) is 18.2. The number of carbonyl (C=O) groups is 2. The lowest BCUT2D eigenvalue weighted by Crippen LogP contribution is -2.36. The van der Waals surface area contributed by atoms with E-state index in [0.29, 0.717) is 62.2 Å². The molecule has 1 aliphatic rings. The second-order valence-corrected chi connectivity index (χ2v) is 7.87. The van der Waals surface area contributed by atoms with Crippen molar-refractivity contribution >= 4 is 22.9 Å². The van der Waals surface area contributed by atoms with Crippen molar-refractivity contribution in [1.82, 2.24) is 4.90 Å². The van der Waals surface area contributed by atoms with E-state index in [-0.39, 0.29) is 30.0 Å². The van der Waals surface area contributed by atoms with Crippen LogP contribution >= 0.6 is 0 Å². The molecule has 0 spiro atoms. The van der Waals surface area contributed by atoms with Crippen LogP contribution in [0.5, 0.6) is 5.75 Å². The van der Waals surface area contributed by atoms with Gasteiger partial charge >= 0.3 is 17.6 Å². The van der Waals surface area contributed by atoms with Crippen molar-refractivity contribution in [3.8, 4) is 5.75 Å². The Morgan fingerprint density at radius 1 is 1.26 bits per heavy atom. The van der Waals surface area contributed by atoms with Crippen LogP contribution in [-0.2, 0) is 32.0 Å². The summed E-state index contributed by atoms with van der Waals surface area (Å²) in [6.45, 7) is 5.67. The molecule has 0 saturated carbocycles. The second-order valence-electron chi connectivity index (χ2n) is 7.87. The van der Waals surface area contributed by atoms with Crippen LogP contribution in [0, 0.1) is 12.8 Å². The van der Waals surface area contributed by atoms with Crippen molar-refractivity contribution in [3.05, 3.63) is 39.2 Å². The number of ether oxygens (including phenoxy) is 2. The lowest BCUT2D eigenvalue weighted by atomic mass is 9.95. The molecule has 0 unspecified atom stereocenters. The van der Waals surface area contributed by atoms with Crippen molar-refractivity contribution in [1.29, 1.82) is 0 Å². The molecule has 3 rings (SSSR count). The average Bonchev–Trinajstić information content (AvgIpc) is 2.75. The summed E-state index contributed by atoms with van der Waals surface area (Å²) in [5, 5.41) is 11.7. The zero-order chi connectivity index (χ0) is 22.5. The SMILES string of the molecule is CCOC(=O)C1CCN(Cc2c(O)c(CCC(=O)OC)cc3c(C)cc(=O)oc23)CC1. The number of fused-ring (bicyclic) bond motifs is 1. The average molecular weight is 431 g/mol. The Morgan fingerprint density at radius 2 is 1.97 bits per heavy atom. The fourth-order valence-corrected chi connectivity index (χ4v) is 4.05. The number of hydrogen-bond acceptors (Lipinski definition) is 8. The number of rotatable bonds is 7. The van der Waals surface area contributed by atoms with Crippen LogP contribution < -0.4 is 5.63 Å². The van der Waals surface area contributed by atoms with Crippen LogP contribution in [0.3, 0.4) is 0 Å². The molecule has 0 radical (unpaired) electrons. The number of esters is 2. The maximum Gasteiger partial charge on any atom is 0.336 e. The Labute approximate surface area is 180 Å². The maximum absolute atomic E-state index is 12.0. The van der Waals surface area contributed by atoms with Crippen LogP contribution in [0.2, 0.25) is 0 Å². The molecule has 1 aromatic carbocycles. The normalized spacial score (nSPS) is 15.2. The molecule has 1 aliphatic heterocycles. The molecule has 2 aromatic rings. The minimum Gasteiger partial charge on any atom is -0.507 e. The summed E-state index contributed by atoms with van der Waals surface area (Å²) >= 11 is 0. The quantitative estimate of drug-likeness (QED) is 0.527. The molecule has 1 fully saturated rings. The highest BCUT2D eigenvalue weighted by atomic mass is 16.5. The molecule has 0 aliphatic carbocycles. The monoisotopic (exact) mass is 431 g/mol. The number of nitrogens with zero attached hydrogens (tertiary/aromatic N) is 1. The number of methoxy groups -OCH3 is 1. The molecule has 31 heavy (non-hydrogen) atoms. The molecule has 0 bridgehead atoms. The number of aryl methyl sites for hydroxylation is 2. The van der Waals surface area contributed by atoms with Gasteiger partial charge in [0, 0.05) is 24.4 Å². The van der Waals surface area contributed by atoms with E-state index in [0.717, 1.165) is 10.9 Å². The predicted molar refractivity (Wildman–Crippen MR) is 114 cm³/mol. The van der Waals surface area contributed by atoms with Gasteiger partial charge in [0.2, 0.25) is 0 Å². The molecule has 1 N–H and O–H groups in total. The topological polar surface area (TPSA) is 106 Å². The van der Waals surface area contributed by atoms with Crippen molar-refractivity contribution < 1.29 is 28.6 Å². The molecule has 0 atom stereocenters. The van der Waals surface area contributed by atoms with Crippen LogP contribution in [0.1, 0.15) is 42.9 Å². The number of benzene rings is 1. The smallest absolute Gasteiger partial charge is 0.336 e. The fraction of sp³-hybridized carbons (Fsp3) is 0.522. The van der Waals surface area contributed by atoms with Gasteiger partial charge in [-0.15, -0.1) is 0 Å². The molecule has 2 heterocycles. The summed E-state index contributed by atoms with van der Waals surface area (Å²) in [6, 6.07) is 3.18. The summed E-state index contributed by atoms with van der Waals surface area (Å²) in [5.74, 6) is -0.619. The number of carbonyl (C=O) groups excluding carboxylic acids is 2. The van der Waals surface area contributed by atoms with Gasteiger partial charge in [0.15, 0.2) is 0 Å². The molecule has 1 saturated heterocycles. The minimum atomic E-state index is -0.478. The van der Waals surface area contributed by atoms with Gasteiger partial charge in [-0.1, -0.05) is 0 Å². The summed E-state index contributed by atoms with van der Waals surface area (Å²) in [7, 11) is 1.33. The first-order valence-electron chi connectivity index (χ1n) is 10.6. The third-order valence-electron chi connectivity index (χ3n) is 5.80. The van der Waals surface area contributed by atoms with Crippen molar-refractivity contribution in [2.24, 2.45) is 5.92 Å². The predicted octanol–water partition coefficient (Wildman–Crippen LogP) is 2.69. The number of aromatic hydroxyl groups is 1. The van der Waals surface area contributed by atoms with Crippen LogP contribution in [-0.4, -0.2) is 48.8 Å². The summed E-state index contributed by atoms with van der Waals surface area (Å²) in [6.07, 6.45) is 1.78. The molecular weight excluding hydrogens is 402 g/mol. The Hall–Kier alpha value is -2.87. The Balaban J connectivity index is 1.89. The minimum absolute atomic E-state index is 0.0256. The highest BCUT2D eigenvalue weighted by Crippen LogP contribution is 2.35. The van der Waals surface area contributed by atoms with Crippen LogP contribution in [0.25, 0.3) is 11.0 Å². The lowest BCUT2D eigenvalue weighted by Gasteiger charge is -2.31. The highest BCUT2D eigenvalue weighted by molar-refractivity contribution is 5.86. The van der Waals surface area contributed by atoms with Gasteiger partial charge < -0.3 is 19.0 Å². The summed E-state index contributed by atoms with van der Waals surface area (Å²) < 4.78 is 15.3. The largest absolute Gasteiger partial charge is 0.507 e. The molecule has 168 valence electrons. The number of phenolic OH excluding ortho intramolecular Hbond substituents is 1. The first kappa shape index (κ1) is 22.8. The van der Waals surface area contributed by atoms with E-state index in [1.54, 1.807) is 13.0 Å². The molecular formula is C23H29NO7. The van der Waals surface area contributed by atoms with E-state index in [1.165, 1.54) is 13.2 Å². The maximum atomic E-state index is 12.0. The third-order valence-corrected chi connectivity index (χ3v) is 5.80. The van der Waals surface area contributed by atoms with Crippen molar-refractivity contribution in [2.75, 3.05) is 26.8 Å². The summed E-state index contributed by atoms with van der Waals surface area (Å²) in [5.41, 5.74) is 1.75. The second kappa shape index (κ2) is 9.96. The molecule has 8 nitrogen and oxygen atoms in total.